The topological polar surface area (TPSA) is 12.0 Å². The predicted octanol–water partition coefficient (Wildman–Crippen LogP) is 4.35. The standard InChI is InChI=1S/C14H13FIN/c1-10-2-7-14(15)11(8-10)9-17-13-5-3-12(16)4-6-13/h2-8,17H,9H2,1H3. The molecule has 1 N–H and O–H groups in total. The summed E-state index contributed by atoms with van der Waals surface area (Å²) >= 11 is 2.26. The molecule has 0 spiro atoms. The number of anilines is 1. The molecule has 3 heteroatoms. The largest absolute Gasteiger partial charge is 0.381 e. The molecule has 0 radical (unpaired) electrons. The molecule has 2 aromatic rings. The number of hydrogen-bond donors (Lipinski definition) is 1. The number of halogens is 2. The average Bonchev–Trinajstić information content (AvgIpc) is 2.32. The Bertz CT molecular complexity index is 508. The summed E-state index contributed by atoms with van der Waals surface area (Å²) < 4.78 is 14.7. The molecule has 0 fully saturated rings. The predicted molar refractivity (Wildman–Crippen MR) is 77.6 cm³/mol. The maximum absolute atomic E-state index is 13.5. The molecule has 0 aromatic heterocycles. The molecule has 0 saturated heterocycles. The van der Waals surface area contributed by atoms with Crippen LogP contribution >= 0.6 is 22.6 Å². The Morgan fingerprint density at radius 2 is 1.82 bits per heavy atom. The molecule has 2 aromatic carbocycles. The lowest BCUT2D eigenvalue weighted by Gasteiger charge is -2.08. The van der Waals surface area contributed by atoms with Crippen molar-refractivity contribution in [1.29, 1.82) is 0 Å². The van der Waals surface area contributed by atoms with Crippen LogP contribution in [0.2, 0.25) is 0 Å². The van der Waals surface area contributed by atoms with Gasteiger partial charge in [-0.25, -0.2) is 4.39 Å². The van der Waals surface area contributed by atoms with Gasteiger partial charge in [0.1, 0.15) is 5.82 Å². The second kappa shape index (κ2) is 5.49. The molecule has 0 aliphatic carbocycles. The van der Waals surface area contributed by atoms with Crippen LogP contribution in [0.25, 0.3) is 0 Å². The van der Waals surface area contributed by atoms with E-state index in [0.717, 1.165) is 11.3 Å². The van der Waals surface area contributed by atoms with Gasteiger partial charge in [-0.3, -0.25) is 0 Å². The van der Waals surface area contributed by atoms with Gasteiger partial charge in [0.15, 0.2) is 0 Å². The third kappa shape index (κ3) is 3.43. The maximum atomic E-state index is 13.5. The van der Waals surface area contributed by atoms with Crippen molar-refractivity contribution in [3.8, 4) is 0 Å². The Labute approximate surface area is 114 Å². The summed E-state index contributed by atoms with van der Waals surface area (Å²) in [6, 6.07) is 13.2. The number of benzene rings is 2. The van der Waals surface area contributed by atoms with Crippen LogP contribution < -0.4 is 5.32 Å². The molecule has 0 saturated carbocycles. The smallest absolute Gasteiger partial charge is 0.128 e. The molecular formula is C14H13FIN. The third-order valence-electron chi connectivity index (χ3n) is 2.53. The van der Waals surface area contributed by atoms with Crippen LogP contribution in [0.1, 0.15) is 11.1 Å². The Kier molecular flexibility index (Phi) is 3.99. The van der Waals surface area contributed by atoms with E-state index < -0.39 is 0 Å². The minimum absolute atomic E-state index is 0.159. The average molecular weight is 341 g/mol. The van der Waals surface area contributed by atoms with Gasteiger partial charge >= 0.3 is 0 Å². The molecule has 2 rings (SSSR count). The zero-order valence-electron chi connectivity index (χ0n) is 9.50. The van der Waals surface area contributed by atoms with Gasteiger partial charge in [-0.2, -0.15) is 0 Å². The fourth-order valence-electron chi connectivity index (χ4n) is 1.60. The van der Waals surface area contributed by atoms with Gasteiger partial charge in [0.2, 0.25) is 0 Å². The van der Waals surface area contributed by atoms with Crippen LogP contribution in [-0.4, -0.2) is 0 Å². The molecule has 0 atom stereocenters. The molecule has 0 amide bonds. The van der Waals surface area contributed by atoms with Gasteiger partial charge in [-0.1, -0.05) is 17.7 Å². The van der Waals surface area contributed by atoms with Gasteiger partial charge in [-0.05, 0) is 59.8 Å². The monoisotopic (exact) mass is 341 g/mol. The van der Waals surface area contributed by atoms with E-state index in [-0.39, 0.29) is 5.82 Å². The van der Waals surface area contributed by atoms with E-state index in [1.165, 1.54) is 9.64 Å². The first-order chi connectivity index (χ1) is 8.15. The van der Waals surface area contributed by atoms with Crippen LogP contribution in [0, 0.1) is 16.3 Å². The molecule has 88 valence electrons. The highest BCUT2D eigenvalue weighted by molar-refractivity contribution is 14.1. The zero-order valence-corrected chi connectivity index (χ0v) is 11.7. The molecule has 1 nitrogen and oxygen atoms in total. The quantitative estimate of drug-likeness (QED) is 0.819. The molecule has 0 bridgehead atoms. The lowest BCUT2D eigenvalue weighted by molar-refractivity contribution is 0.612. The van der Waals surface area contributed by atoms with Gasteiger partial charge in [0.25, 0.3) is 0 Å². The zero-order chi connectivity index (χ0) is 12.3. The van der Waals surface area contributed by atoms with Crippen molar-refractivity contribution in [2.24, 2.45) is 0 Å². The molecule has 0 aliphatic heterocycles. The first-order valence-corrected chi connectivity index (χ1v) is 6.47. The third-order valence-corrected chi connectivity index (χ3v) is 3.25. The van der Waals surface area contributed by atoms with E-state index in [2.05, 4.69) is 27.9 Å². The SMILES string of the molecule is Cc1ccc(F)c(CNc2ccc(I)cc2)c1. The first kappa shape index (κ1) is 12.4. The Morgan fingerprint density at radius 3 is 2.53 bits per heavy atom. The highest BCUT2D eigenvalue weighted by Gasteiger charge is 2.01. The van der Waals surface area contributed by atoms with E-state index in [0.29, 0.717) is 12.1 Å². The van der Waals surface area contributed by atoms with Crippen LogP contribution in [0.4, 0.5) is 10.1 Å². The summed E-state index contributed by atoms with van der Waals surface area (Å²) in [5.74, 6) is -0.159. The Balaban J connectivity index is 2.07. The van der Waals surface area contributed by atoms with Gasteiger partial charge in [0.05, 0.1) is 0 Å². The molecule has 0 heterocycles. The summed E-state index contributed by atoms with van der Waals surface area (Å²) in [5.41, 5.74) is 2.78. The first-order valence-electron chi connectivity index (χ1n) is 5.39. The van der Waals surface area contributed by atoms with Crippen molar-refractivity contribution >= 4 is 28.3 Å². The molecule has 17 heavy (non-hydrogen) atoms. The second-order valence-electron chi connectivity index (χ2n) is 3.96. The summed E-state index contributed by atoms with van der Waals surface area (Å²) in [4.78, 5) is 0. The van der Waals surface area contributed by atoms with Crippen LogP contribution in [0.5, 0.6) is 0 Å². The normalized spacial score (nSPS) is 10.3. The Morgan fingerprint density at radius 1 is 1.12 bits per heavy atom. The van der Waals surface area contributed by atoms with Crippen molar-refractivity contribution in [1.82, 2.24) is 0 Å². The van der Waals surface area contributed by atoms with Crippen LogP contribution in [-0.2, 0) is 6.54 Å². The lowest BCUT2D eigenvalue weighted by atomic mass is 10.1. The van der Waals surface area contributed by atoms with Crippen molar-refractivity contribution in [2.45, 2.75) is 13.5 Å². The van der Waals surface area contributed by atoms with E-state index in [9.17, 15) is 4.39 Å². The van der Waals surface area contributed by atoms with E-state index >= 15 is 0 Å². The molecule has 0 unspecified atom stereocenters. The summed E-state index contributed by atoms with van der Waals surface area (Å²) in [7, 11) is 0. The number of rotatable bonds is 3. The lowest BCUT2D eigenvalue weighted by Crippen LogP contribution is -2.02. The van der Waals surface area contributed by atoms with Gasteiger partial charge in [-0.15, -0.1) is 0 Å². The van der Waals surface area contributed by atoms with Gasteiger partial charge in [0, 0.05) is 21.4 Å². The van der Waals surface area contributed by atoms with Crippen molar-refractivity contribution in [2.75, 3.05) is 5.32 Å². The van der Waals surface area contributed by atoms with E-state index in [1.807, 2.05) is 37.3 Å². The highest BCUT2D eigenvalue weighted by atomic mass is 127. The number of aryl methyl sites for hydroxylation is 1. The summed E-state index contributed by atoms with van der Waals surface area (Å²) in [6.45, 7) is 2.47. The highest BCUT2D eigenvalue weighted by Crippen LogP contribution is 2.15. The molecular weight excluding hydrogens is 328 g/mol. The van der Waals surface area contributed by atoms with Crippen molar-refractivity contribution in [3.63, 3.8) is 0 Å². The molecule has 0 aliphatic rings. The van der Waals surface area contributed by atoms with Crippen molar-refractivity contribution < 1.29 is 4.39 Å². The maximum Gasteiger partial charge on any atom is 0.128 e. The minimum atomic E-state index is -0.159. The number of hydrogen-bond acceptors (Lipinski definition) is 1. The Hall–Kier alpha value is -1.10. The minimum Gasteiger partial charge on any atom is -0.381 e. The summed E-state index contributed by atoms with van der Waals surface area (Å²) in [5, 5.41) is 3.21. The second-order valence-corrected chi connectivity index (χ2v) is 5.20. The van der Waals surface area contributed by atoms with Crippen LogP contribution in [0.15, 0.2) is 42.5 Å². The fourth-order valence-corrected chi connectivity index (χ4v) is 1.96. The number of nitrogens with one attached hydrogen (secondary N) is 1. The van der Waals surface area contributed by atoms with Crippen LogP contribution in [0.3, 0.4) is 0 Å². The van der Waals surface area contributed by atoms with E-state index in [1.54, 1.807) is 6.07 Å². The summed E-state index contributed by atoms with van der Waals surface area (Å²) in [6.07, 6.45) is 0. The van der Waals surface area contributed by atoms with E-state index in [4.69, 9.17) is 0 Å². The van der Waals surface area contributed by atoms with Gasteiger partial charge < -0.3 is 5.32 Å². The van der Waals surface area contributed by atoms with Crippen molar-refractivity contribution in [3.05, 3.63) is 63.0 Å². The fraction of sp³-hybridized carbons (Fsp3) is 0.143.